The molecule has 1 amide bonds. The van der Waals surface area contributed by atoms with Crippen molar-refractivity contribution in [1.82, 2.24) is 5.32 Å². The number of hydrogen-bond donors (Lipinski definition) is 1. The van der Waals surface area contributed by atoms with Crippen LogP contribution < -0.4 is 5.32 Å². The summed E-state index contributed by atoms with van der Waals surface area (Å²) in [4.78, 5) is 11.7. The summed E-state index contributed by atoms with van der Waals surface area (Å²) in [7, 11) is 0. The van der Waals surface area contributed by atoms with E-state index in [-0.39, 0.29) is 5.91 Å². The highest BCUT2D eigenvalue weighted by molar-refractivity contribution is 6.17. The lowest BCUT2D eigenvalue weighted by Crippen LogP contribution is -2.29. The fraction of sp³-hybridized carbons (Fsp3) is 0.583. The Labute approximate surface area is 101 Å². The molecule has 4 heteroatoms. The number of carbonyl (C=O) groups is 1. The lowest BCUT2D eigenvalue weighted by Gasteiger charge is -2.13. The van der Waals surface area contributed by atoms with Crippen LogP contribution in [-0.4, -0.2) is 18.3 Å². The monoisotopic (exact) mass is 243 g/mol. The van der Waals surface area contributed by atoms with Crippen molar-refractivity contribution in [1.29, 1.82) is 0 Å². The molecule has 1 atom stereocenters. The molecule has 0 aliphatic heterocycles. The van der Waals surface area contributed by atoms with E-state index in [9.17, 15) is 4.79 Å². The third kappa shape index (κ3) is 3.89. The molecule has 0 saturated carbocycles. The molecule has 0 aliphatic carbocycles. The molecule has 1 aromatic heterocycles. The lowest BCUT2D eigenvalue weighted by molar-refractivity contribution is 0.0946. The number of nitrogens with one attached hydrogen (secondary N) is 1. The van der Waals surface area contributed by atoms with E-state index >= 15 is 0 Å². The van der Waals surface area contributed by atoms with Crippen molar-refractivity contribution in [3.05, 3.63) is 23.7 Å². The summed E-state index contributed by atoms with van der Waals surface area (Å²) in [6.45, 7) is 4.59. The predicted octanol–water partition coefficient (Wildman–Crippen LogP) is 2.97. The maximum atomic E-state index is 11.7. The molecule has 1 heterocycles. The van der Waals surface area contributed by atoms with Gasteiger partial charge in [-0.05, 0) is 25.3 Å². The minimum absolute atomic E-state index is 0.0788. The second kappa shape index (κ2) is 6.59. The Hall–Kier alpha value is -0.960. The van der Waals surface area contributed by atoms with Crippen LogP contribution in [-0.2, 0) is 0 Å². The Kier molecular flexibility index (Phi) is 5.39. The van der Waals surface area contributed by atoms with Crippen LogP contribution in [0.4, 0.5) is 0 Å². The first-order valence-corrected chi connectivity index (χ1v) is 6.10. The van der Waals surface area contributed by atoms with Crippen molar-refractivity contribution >= 4 is 17.5 Å². The average molecular weight is 244 g/mol. The topological polar surface area (TPSA) is 42.2 Å². The third-order valence-corrected chi connectivity index (χ3v) is 2.86. The third-order valence-electron chi connectivity index (χ3n) is 2.64. The summed E-state index contributed by atoms with van der Waals surface area (Å²) >= 11 is 5.68. The van der Waals surface area contributed by atoms with Crippen LogP contribution in [0.2, 0.25) is 0 Å². The Morgan fingerprint density at radius 2 is 2.38 bits per heavy atom. The van der Waals surface area contributed by atoms with Gasteiger partial charge in [-0.25, -0.2) is 0 Å². The molecular weight excluding hydrogens is 226 g/mol. The number of furan rings is 1. The quantitative estimate of drug-likeness (QED) is 0.781. The first-order chi connectivity index (χ1) is 7.67. The minimum Gasteiger partial charge on any atom is -0.469 e. The summed E-state index contributed by atoms with van der Waals surface area (Å²) < 4.78 is 5.08. The van der Waals surface area contributed by atoms with E-state index in [1.54, 1.807) is 6.07 Å². The van der Waals surface area contributed by atoms with Crippen molar-refractivity contribution < 1.29 is 9.21 Å². The van der Waals surface area contributed by atoms with E-state index in [1.165, 1.54) is 6.26 Å². The molecule has 0 radical (unpaired) electrons. The Morgan fingerprint density at radius 3 is 2.88 bits per heavy atom. The Bertz CT molecular complexity index is 336. The van der Waals surface area contributed by atoms with Gasteiger partial charge < -0.3 is 9.73 Å². The van der Waals surface area contributed by atoms with E-state index in [0.717, 1.165) is 18.6 Å². The summed E-state index contributed by atoms with van der Waals surface area (Å²) in [6, 6.07) is 1.73. The molecule has 0 fully saturated rings. The van der Waals surface area contributed by atoms with E-state index in [4.69, 9.17) is 16.0 Å². The molecule has 0 bridgehead atoms. The average Bonchev–Trinajstić information content (AvgIpc) is 2.70. The Morgan fingerprint density at radius 1 is 1.62 bits per heavy atom. The molecular formula is C12H18ClNO2. The van der Waals surface area contributed by atoms with Crippen molar-refractivity contribution in [2.75, 3.05) is 12.4 Å². The minimum atomic E-state index is -0.0788. The molecule has 1 aromatic rings. The van der Waals surface area contributed by atoms with Crippen LogP contribution in [0.1, 0.15) is 35.9 Å². The SMILES string of the molecule is CCC(CCCl)CNC(=O)c1coc(C)c1. The van der Waals surface area contributed by atoms with Crippen molar-refractivity contribution in [3.63, 3.8) is 0 Å². The summed E-state index contributed by atoms with van der Waals surface area (Å²) in [5.41, 5.74) is 0.582. The van der Waals surface area contributed by atoms with Crippen LogP contribution >= 0.6 is 11.6 Å². The summed E-state index contributed by atoms with van der Waals surface area (Å²) in [6.07, 6.45) is 3.44. The zero-order valence-corrected chi connectivity index (χ0v) is 10.5. The molecule has 1 unspecified atom stereocenters. The van der Waals surface area contributed by atoms with Gasteiger partial charge in [-0.1, -0.05) is 13.3 Å². The number of halogens is 1. The van der Waals surface area contributed by atoms with E-state index in [0.29, 0.717) is 23.9 Å². The van der Waals surface area contributed by atoms with Crippen molar-refractivity contribution in [2.45, 2.75) is 26.7 Å². The smallest absolute Gasteiger partial charge is 0.254 e. The number of carbonyl (C=O) groups excluding carboxylic acids is 1. The number of amides is 1. The molecule has 0 spiro atoms. The number of alkyl halides is 1. The molecule has 0 saturated heterocycles. The van der Waals surface area contributed by atoms with Gasteiger partial charge in [0.1, 0.15) is 12.0 Å². The van der Waals surface area contributed by atoms with E-state index < -0.39 is 0 Å². The molecule has 1 N–H and O–H groups in total. The predicted molar refractivity (Wildman–Crippen MR) is 64.9 cm³/mol. The molecule has 0 aliphatic rings. The Balaban J connectivity index is 2.40. The molecule has 3 nitrogen and oxygen atoms in total. The second-order valence-electron chi connectivity index (χ2n) is 3.91. The van der Waals surface area contributed by atoms with Gasteiger partial charge in [-0.2, -0.15) is 0 Å². The molecule has 1 rings (SSSR count). The maximum Gasteiger partial charge on any atom is 0.254 e. The second-order valence-corrected chi connectivity index (χ2v) is 4.29. The first-order valence-electron chi connectivity index (χ1n) is 5.56. The van der Waals surface area contributed by atoms with E-state index in [1.807, 2.05) is 6.92 Å². The standard InChI is InChI=1S/C12H18ClNO2/c1-3-10(4-5-13)7-14-12(15)11-6-9(2)16-8-11/h6,8,10H,3-5,7H2,1-2H3,(H,14,15). The van der Waals surface area contributed by atoms with Gasteiger partial charge in [0.15, 0.2) is 0 Å². The number of rotatable bonds is 6. The van der Waals surface area contributed by atoms with Crippen LogP contribution in [0.5, 0.6) is 0 Å². The number of aryl methyl sites for hydroxylation is 1. The van der Waals surface area contributed by atoms with Crippen LogP contribution in [0.3, 0.4) is 0 Å². The fourth-order valence-corrected chi connectivity index (χ4v) is 1.82. The highest BCUT2D eigenvalue weighted by Crippen LogP contribution is 2.09. The zero-order chi connectivity index (χ0) is 12.0. The largest absolute Gasteiger partial charge is 0.469 e. The van der Waals surface area contributed by atoms with Gasteiger partial charge in [-0.15, -0.1) is 11.6 Å². The van der Waals surface area contributed by atoms with Crippen LogP contribution in [0, 0.1) is 12.8 Å². The summed E-state index contributed by atoms with van der Waals surface area (Å²) in [5, 5.41) is 2.89. The van der Waals surface area contributed by atoms with Crippen LogP contribution in [0.25, 0.3) is 0 Å². The van der Waals surface area contributed by atoms with Gasteiger partial charge in [0.05, 0.1) is 5.56 Å². The van der Waals surface area contributed by atoms with Gasteiger partial charge in [0.25, 0.3) is 5.91 Å². The van der Waals surface area contributed by atoms with Gasteiger partial charge in [-0.3, -0.25) is 4.79 Å². The highest BCUT2D eigenvalue weighted by Gasteiger charge is 2.11. The maximum absolute atomic E-state index is 11.7. The highest BCUT2D eigenvalue weighted by atomic mass is 35.5. The first kappa shape index (κ1) is 13.1. The molecule has 90 valence electrons. The van der Waals surface area contributed by atoms with Gasteiger partial charge >= 0.3 is 0 Å². The van der Waals surface area contributed by atoms with Gasteiger partial charge in [0.2, 0.25) is 0 Å². The van der Waals surface area contributed by atoms with Crippen molar-refractivity contribution in [2.24, 2.45) is 5.92 Å². The van der Waals surface area contributed by atoms with Crippen molar-refractivity contribution in [3.8, 4) is 0 Å². The molecule has 16 heavy (non-hydrogen) atoms. The van der Waals surface area contributed by atoms with Crippen LogP contribution in [0.15, 0.2) is 16.7 Å². The fourth-order valence-electron chi connectivity index (χ4n) is 1.51. The summed E-state index contributed by atoms with van der Waals surface area (Å²) in [5.74, 6) is 1.76. The molecule has 0 aromatic carbocycles. The normalized spacial score (nSPS) is 12.4. The number of hydrogen-bond acceptors (Lipinski definition) is 2. The van der Waals surface area contributed by atoms with E-state index in [2.05, 4.69) is 12.2 Å². The zero-order valence-electron chi connectivity index (χ0n) is 9.75. The van der Waals surface area contributed by atoms with Gasteiger partial charge in [0, 0.05) is 12.4 Å². The lowest BCUT2D eigenvalue weighted by atomic mass is 10.0.